The van der Waals surface area contributed by atoms with E-state index in [0.29, 0.717) is 0 Å². The molecule has 0 bridgehead atoms. The predicted molar refractivity (Wildman–Crippen MR) is 105 cm³/mol. The number of alkyl halides is 3. The maximum atomic E-state index is 13.2. The second-order valence-electron chi connectivity index (χ2n) is 7.60. The molecule has 1 aliphatic heterocycles. The number of methoxy groups -OCH3 is 1. The van der Waals surface area contributed by atoms with Crippen molar-refractivity contribution in [3.63, 3.8) is 0 Å². The molecular weight excluding hydrogens is 405 g/mol. The van der Waals surface area contributed by atoms with Gasteiger partial charge in [-0.1, -0.05) is 0 Å². The third-order valence-electron chi connectivity index (χ3n) is 5.82. The smallest absolute Gasteiger partial charge is 0.416 e. The first-order valence-corrected chi connectivity index (χ1v) is 11.0. The highest BCUT2D eigenvalue weighted by atomic mass is 32.2. The summed E-state index contributed by atoms with van der Waals surface area (Å²) in [4.78, 5) is 15.6. The van der Waals surface area contributed by atoms with E-state index in [-0.39, 0.29) is 34.4 Å². The minimum absolute atomic E-state index is 0.0700. The van der Waals surface area contributed by atoms with Gasteiger partial charge in [-0.3, -0.25) is 9.69 Å². The van der Waals surface area contributed by atoms with Crippen LogP contribution in [0.4, 0.5) is 13.2 Å². The van der Waals surface area contributed by atoms with Crippen LogP contribution in [0.5, 0.6) is 5.75 Å². The number of carbonyl (C=O) groups is 1. The molecule has 0 spiro atoms. The fourth-order valence-corrected chi connectivity index (χ4v) is 4.95. The molecule has 5 nitrogen and oxygen atoms in total. The van der Waals surface area contributed by atoms with Crippen LogP contribution in [0.15, 0.2) is 17.0 Å². The Morgan fingerprint density at radius 1 is 1.24 bits per heavy atom. The van der Waals surface area contributed by atoms with Crippen LogP contribution < -0.4 is 10.1 Å². The lowest BCUT2D eigenvalue weighted by Crippen LogP contribution is -2.51. The van der Waals surface area contributed by atoms with E-state index in [0.717, 1.165) is 69.1 Å². The summed E-state index contributed by atoms with van der Waals surface area (Å²) in [5.41, 5.74) is -0.686. The van der Waals surface area contributed by atoms with Gasteiger partial charge in [-0.25, -0.2) is 0 Å². The molecule has 2 fully saturated rings. The molecule has 162 valence electrons. The van der Waals surface area contributed by atoms with Crippen molar-refractivity contribution < 1.29 is 27.8 Å². The summed E-state index contributed by atoms with van der Waals surface area (Å²) < 4.78 is 44.7. The standard InChI is InChI=1S/C20H27F3N2O3S/c1-28-16-10-12(20(21,22)23)11-17(29-2)18(16)19(27)24-14-4-3-5-15(14)25-8-6-13(26)7-9-25/h10-11,13-15,26H,3-9H2,1-2H3,(H,24,27). The number of nitrogens with zero attached hydrogens (tertiary/aromatic N) is 1. The number of ether oxygens (including phenoxy) is 1. The summed E-state index contributed by atoms with van der Waals surface area (Å²) in [5, 5.41) is 12.8. The largest absolute Gasteiger partial charge is 0.496 e. The van der Waals surface area contributed by atoms with Crippen LogP contribution in [0.1, 0.15) is 48.0 Å². The summed E-state index contributed by atoms with van der Waals surface area (Å²) in [6, 6.07) is 2.00. The van der Waals surface area contributed by atoms with E-state index < -0.39 is 17.6 Å². The Morgan fingerprint density at radius 2 is 1.93 bits per heavy atom. The fraction of sp³-hybridized carbons (Fsp3) is 0.650. The van der Waals surface area contributed by atoms with Gasteiger partial charge in [-0.05, 0) is 50.5 Å². The molecule has 2 atom stereocenters. The Morgan fingerprint density at radius 3 is 2.52 bits per heavy atom. The zero-order valence-electron chi connectivity index (χ0n) is 16.6. The molecule has 0 radical (unpaired) electrons. The Balaban J connectivity index is 1.81. The van der Waals surface area contributed by atoms with Gasteiger partial charge < -0.3 is 15.2 Å². The van der Waals surface area contributed by atoms with Crippen molar-refractivity contribution in [3.8, 4) is 5.75 Å². The SMILES string of the molecule is COc1cc(C(F)(F)F)cc(SC)c1C(=O)NC1CCCC1N1CCC(O)CC1. The molecule has 1 aromatic carbocycles. The zero-order valence-corrected chi connectivity index (χ0v) is 17.4. The normalized spacial score (nSPS) is 23.9. The molecule has 2 N–H and O–H groups in total. The number of rotatable bonds is 5. The molecular formula is C20H27F3N2O3S. The molecule has 1 heterocycles. The molecule has 29 heavy (non-hydrogen) atoms. The number of halogens is 3. The lowest BCUT2D eigenvalue weighted by atomic mass is 10.0. The zero-order chi connectivity index (χ0) is 21.2. The van der Waals surface area contributed by atoms with E-state index in [1.54, 1.807) is 6.26 Å². The Labute approximate surface area is 173 Å². The lowest BCUT2D eigenvalue weighted by Gasteiger charge is -2.37. The van der Waals surface area contributed by atoms with E-state index in [1.807, 2.05) is 0 Å². The predicted octanol–water partition coefficient (Wildman–Crippen LogP) is 3.54. The Bertz CT molecular complexity index is 711. The second-order valence-corrected chi connectivity index (χ2v) is 8.45. The van der Waals surface area contributed by atoms with E-state index in [2.05, 4.69) is 10.2 Å². The van der Waals surface area contributed by atoms with Crippen LogP contribution in [-0.4, -0.2) is 60.6 Å². The number of likely N-dealkylation sites (tertiary alicyclic amines) is 1. The van der Waals surface area contributed by atoms with Crippen molar-refractivity contribution in [2.24, 2.45) is 0 Å². The highest BCUT2D eigenvalue weighted by molar-refractivity contribution is 7.98. The van der Waals surface area contributed by atoms with Gasteiger partial charge in [-0.2, -0.15) is 13.2 Å². The Kier molecular flexibility index (Phi) is 7.01. The van der Waals surface area contributed by atoms with Crippen molar-refractivity contribution in [3.05, 3.63) is 23.3 Å². The molecule has 3 rings (SSSR count). The van der Waals surface area contributed by atoms with Crippen molar-refractivity contribution in [2.45, 2.75) is 61.4 Å². The molecule has 9 heteroatoms. The molecule has 1 saturated heterocycles. The number of aliphatic hydroxyl groups excluding tert-OH is 1. The fourth-order valence-electron chi connectivity index (χ4n) is 4.30. The lowest BCUT2D eigenvalue weighted by molar-refractivity contribution is -0.137. The van der Waals surface area contributed by atoms with Gasteiger partial charge in [0, 0.05) is 30.1 Å². The average molecular weight is 433 g/mol. The van der Waals surface area contributed by atoms with Gasteiger partial charge >= 0.3 is 6.18 Å². The van der Waals surface area contributed by atoms with E-state index in [1.165, 1.54) is 7.11 Å². The van der Waals surface area contributed by atoms with Crippen LogP contribution in [0.3, 0.4) is 0 Å². The molecule has 0 aromatic heterocycles. The van der Waals surface area contributed by atoms with Crippen LogP contribution in [0.2, 0.25) is 0 Å². The third kappa shape index (κ3) is 5.00. The molecule has 2 unspecified atom stereocenters. The van der Waals surface area contributed by atoms with Gasteiger partial charge in [0.05, 0.1) is 24.3 Å². The van der Waals surface area contributed by atoms with Crippen LogP contribution in [0, 0.1) is 0 Å². The van der Waals surface area contributed by atoms with Crippen LogP contribution >= 0.6 is 11.8 Å². The second kappa shape index (κ2) is 9.14. The van der Waals surface area contributed by atoms with E-state index in [9.17, 15) is 23.1 Å². The van der Waals surface area contributed by atoms with Gasteiger partial charge in [0.25, 0.3) is 5.91 Å². The summed E-state index contributed by atoms with van der Waals surface area (Å²) in [5.74, 6) is -0.480. The van der Waals surface area contributed by atoms with Crippen molar-refractivity contribution in [1.82, 2.24) is 10.2 Å². The van der Waals surface area contributed by atoms with Crippen LogP contribution in [0.25, 0.3) is 0 Å². The third-order valence-corrected chi connectivity index (χ3v) is 6.59. The van der Waals surface area contributed by atoms with Gasteiger partial charge in [0.1, 0.15) is 5.75 Å². The number of amides is 1. The van der Waals surface area contributed by atoms with Crippen molar-refractivity contribution in [2.75, 3.05) is 26.5 Å². The Hall–Kier alpha value is -1.45. The number of aliphatic hydroxyl groups is 1. The molecule has 1 saturated carbocycles. The summed E-state index contributed by atoms with van der Waals surface area (Å²) in [7, 11) is 1.27. The van der Waals surface area contributed by atoms with E-state index in [4.69, 9.17) is 4.74 Å². The highest BCUT2D eigenvalue weighted by Gasteiger charge is 2.37. The van der Waals surface area contributed by atoms with Gasteiger partial charge in [0.15, 0.2) is 0 Å². The first kappa shape index (κ1) is 22.2. The number of hydrogen-bond donors (Lipinski definition) is 2. The molecule has 1 aliphatic carbocycles. The minimum atomic E-state index is -4.51. The average Bonchev–Trinajstić information content (AvgIpc) is 3.14. The number of thioether (sulfide) groups is 1. The molecule has 1 aromatic rings. The molecule has 1 amide bonds. The minimum Gasteiger partial charge on any atom is -0.496 e. The quantitative estimate of drug-likeness (QED) is 0.697. The highest BCUT2D eigenvalue weighted by Crippen LogP contribution is 2.38. The first-order chi connectivity index (χ1) is 13.7. The number of piperidine rings is 1. The van der Waals surface area contributed by atoms with Crippen LogP contribution in [-0.2, 0) is 6.18 Å². The van der Waals surface area contributed by atoms with Crippen molar-refractivity contribution in [1.29, 1.82) is 0 Å². The monoisotopic (exact) mass is 432 g/mol. The van der Waals surface area contributed by atoms with Gasteiger partial charge in [0.2, 0.25) is 0 Å². The maximum Gasteiger partial charge on any atom is 0.416 e. The summed E-state index contributed by atoms with van der Waals surface area (Å²) in [6.07, 6.45) is 1.08. The summed E-state index contributed by atoms with van der Waals surface area (Å²) in [6.45, 7) is 1.58. The maximum absolute atomic E-state index is 13.2. The number of benzene rings is 1. The number of carbonyl (C=O) groups excluding carboxylic acids is 1. The van der Waals surface area contributed by atoms with Gasteiger partial charge in [-0.15, -0.1) is 11.8 Å². The summed E-state index contributed by atoms with van der Waals surface area (Å²) >= 11 is 1.09. The first-order valence-electron chi connectivity index (χ1n) is 9.80. The number of nitrogens with one attached hydrogen (secondary N) is 1. The molecule has 2 aliphatic rings. The number of hydrogen-bond acceptors (Lipinski definition) is 5. The topological polar surface area (TPSA) is 61.8 Å². The van der Waals surface area contributed by atoms with E-state index >= 15 is 0 Å². The van der Waals surface area contributed by atoms with Crippen molar-refractivity contribution >= 4 is 17.7 Å².